The molecule has 0 saturated carbocycles. The van der Waals surface area contributed by atoms with Crippen LogP contribution in [0.2, 0.25) is 0 Å². The molecule has 0 spiro atoms. The van der Waals surface area contributed by atoms with Crippen LogP contribution >= 0.6 is 12.4 Å². The van der Waals surface area contributed by atoms with Crippen LogP contribution in [0.4, 0.5) is 0 Å². The van der Waals surface area contributed by atoms with Crippen molar-refractivity contribution in [3.8, 4) is 0 Å². The molecule has 1 aliphatic heterocycles. The maximum absolute atomic E-state index is 5.77. The van der Waals surface area contributed by atoms with Crippen molar-refractivity contribution in [3.63, 3.8) is 0 Å². The smallest absolute Gasteiger partial charge is 0.0967 e. The van der Waals surface area contributed by atoms with E-state index in [0.717, 1.165) is 25.3 Å². The van der Waals surface area contributed by atoms with E-state index in [1.165, 1.54) is 12.8 Å². The van der Waals surface area contributed by atoms with Crippen molar-refractivity contribution in [3.05, 3.63) is 11.9 Å². The lowest BCUT2D eigenvalue weighted by Gasteiger charge is -2.21. The van der Waals surface area contributed by atoms with Gasteiger partial charge in [-0.2, -0.15) is 0 Å². The van der Waals surface area contributed by atoms with Gasteiger partial charge in [-0.1, -0.05) is 5.21 Å². The van der Waals surface area contributed by atoms with Crippen LogP contribution in [0.1, 0.15) is 39.3 Å². The molecule has 1 unspecified atom stereocenters. The highest BCUT2D eigenvalue weighted by Crippen LogP contribution is 2.19. The Labute approximate surface area is 115 Å². The lowest BCUT2D eigenvalue weighted by Crippen LogP contribution is -2.34. The van der Waals surface area contributed by atoms with E-state index < -0.39 is 0 Å². The second kappa shape index (κ2) is 5.99. The molecular formula is C12H24ClN5. The van der Waals surface area contributed by atoms with Crippen molar-refractivity contribution < 1.29 is 0 Å². The predicted octanol–water partition coefficient (Wildman–Crippen LogP) is 1.38. The first-order chi connectivity index (χ1) is 8.00. The third-order valence-electron chi connectivity index (χ3n) is 3.36. The van der Waals surface area contributed by atoms with Crippen LogP contribution in [0, 0.1) is 0 Å². The number of rotatable bonds is 3. The molecule has 104 valence electrons. The van der Waals surface area contributed by atoms with Crippen LogP contribution in [0.15, 0.2) is 6.20 Å². The minimum Gasteiger partial charge on any atom is -0.329 e. The molecule has 2 heterocycles. The Balaban J connectivity index is 0.00000162. The first kappa shape index (κ1) is 15.4. The second-order valence-corrected chi connectivity index (χ2v) is 5.83. The maximum Gasteiger partial charge on any atom is 0.0967 e. The van der Waals surface area contributed by atoms with Crippen LogP contribution in [0.25, 0.3) is 0 Å². The molecule has 0 amide bonds. The van der Waals surface area contributed by atoms with Crippen molar-refractivity contribution in [1.82, 2.24) is 19.9 Å². The van der Waals surface area contributed by atoms with Gasteiger partial charge in [0, 0.05) is 19.1 Å². The molecule has 0 aliphatic carbocycles. The molecule has 6 heteroatoms. The topological polar surface area (TPSA) is 60.0 Å². The van der Waals surface area contributed by atoms with Gasteiger partial charge in [0.05, 0.1) is 17.4 Å². The lowest BCUT2D eigenvalue weighted by atomic mass is 10.1. The zero-order valence-electron chi connectivity index (χ0n) is 11.5. The van der Waals surface area contributed by atoms with E-state index in [4.69, 9.17) is 5.73 Å². The number of aromatic nitrogens is 3. The quantitative estimate of drug-likeness (QED) is 0.904. The second-order valence-electron chi connectivity index (χ2n) is 5.83. The van der Waals surface area contributed by atoms with Crippen molar-refractivity contribution in [2.75, 3.05) is 13.1 Å². The Morgan fingerprint density at radius 1 is 1.44 bits per heavy atom. The van der Waals surface area contributed by atoms with Gasteiger partial charge in [-0.15, -0.1) is 17.5 Å². The van der Waals surface area contributed by atoms with Gasteiger partial charge in [-0.3, -0.25) is 4.90 Å². The van der Waals surface area contributed by atoms with E-state index >= 15 is 0 Å². The molecule has 1 atom stereocenters. The molecule has 1 saturated heterocycles. The summed E-state index contributed by atoms with van der Waals surface area (Å²) in [5, 5.41) is 8.43. The maximum atomic E-state index is 5.77. The standard InChI is InChI=1S/C12H23N5.ClH/c1-12(2,3)17-9-10(14-15-17)8-16-6-4-5-11(16)7-13;/h9,11H,4-8,13H2,1-3H3;1H. The largest absolute Gasteiger partial charge is 0.329 e. The van der Waals surface area contributed by atoms with Gasteiger partial charge >= 0.3 is 0 Å². The summed E-state index contributed by atoms with van der Waals surface area (Å²) in [7, 11) is 0. The Kier molecular flexibility index (Phi) is 5.13. The molecule has 1 aromatic heterocycles. The first-order valence-electron chi connectivity index (χ1n) is 6.36. The number of hydrogen-bond acceptors (Lipinski definition) is 4. The van der Waals surface area contributed by atoms with Crippen LogP contribution in [0.3, 0.4) is 0 Å². The van der Waals surface area contributed by atoms with Crippen molar-refractivity contribution in [2.24, 2.45) is 5.73 Å². The third-order valence-corrected chi connectivity index (χ3v) is 3.36. The summed E-state index contributed by atoms with van der Waals surface area (Å²) in [6.07, 6.45) is 4.51. The zero-order chi connectivity index (χ0) is 12.5. The molecule has 0 radical (unpaired) electrons. The molecule has 1 aliphatic rings. The van der Waals surface area contributed by atoms with E-state index in [9.17, 15) is 0 Å². The highest BCUT2D eigenvalue weighted by Gasteiger charge is 2.24. The highest BCUT2D eigenvalue weighted by atomic mass is 35.5. The van der Waals surface area contributed by atoms with Gasteiger partial charge < -0.3 is 5.73 Å². The molecule has 1 fully saturated rings. The number of nitrogens with two attached hydrogens (primary N) is 1. The summed E-state index contributed by atoms with van der Waals surface area (Å²) < 4.78 is 1.93. The fraction of sp³-hybridized carbons (Fsp3) is 0.833. The van der Waals surface area contributed by atoms with Gasteiger partial charge in [0.15, 0.2) is 0 Å². The van der Waals surface area contributed by atoms with Crippen molar-refractivity contribution in [1.29, 1.82) is 0 Å². The van der Waals surface area contributed by atoms with E-state index in [1.807, 2.05) is 10.9 Å². The summed E-state index contributed by atoms with van der Waals surface area (Å²) in [4.78, 5) is 2.41. The number of likely N-dealkylation sites (tertiary alicyclic amines) is 1. The van der Waals surface area contributed by atoms with Crippen molar-refractivity contribution >= 4 is 12.4 Å². The van der Waals surface area contributed by atoms with Gasteiger partial charge in [-0.05, 0) is 40.2 Å². The Hall–Kier alpha value is -0.650. The van der Waals surface area contributed by atoms with E-state index in [0.29, 0.717) is 6.04 Å². The summed E-state index contributed by atoms with van der Waals surface area (Å²) in [5.41, 5.74) is 6.81. The fourth-order valence-electron chi connectivity index (χ4n) is 2.28. The Morgan fingerprint density at radius 3 is 2.72 bits per heavy atom. The summed E-state index contributed by atoms with van der Waals surface area (Å²) >= 11 is 0. The minimum atomic E-state index is 0. The van der Waals surface area contributed by atoms with Gasteiger partial charge in [0.1, 0.15) is 0 Å². The Morgan fingerprint density at radius 2 is 2.17 bits per heavy atom. The van der Waals surface area contributed by atoms with E-state index in [-0.39, 0.29) is 17.9 Å². The van der Waals surface area contributed by atoms with Crippen LogP contribution < -0.4 is 5.73 Å². The molecule has 0 aromatic carbocycles. The minimum absolute atomic E-state index is 0. The monoisotopic (exact) mass is 273 g/mol. The third kappa shape index (κ3) is 3.43. The average Bonchev–Trinajstić information content (AvgIpc) is 2.86. The summed E-state index contributed by atoms with van der Waals surface area (Å²) in [5.74, 6) is 0. The molecular weight excluding hydrogens is 250 g/mol. The molecule has 5 nitrogen and oxygen atoms in total. The van der Waals surface area contributed by atoms with E-state index in [1.54, 1.807) is 0 Å². The summed E-state index contributed by atoms with van der Waals surface area (Å²) in [6.45, 7) is 9.13. The van der Waals surface area contributed by atoms with Crippen LogP contribution in [0.5, 0.6) is 0 Å². The van der Waals surface area contributed by atoms with Crippen LogP contribution in [-0.2, 0) is 12.1 Å². The number of halogens is 1. The molecule has 1 aromatic rings. The molecule has 2 rings (SSSR count). The number of hydrogen-bond donors (Lipinski definition) is 1. The molecule has 0 bridgehead atoms. The summed E-state index contributed by atoms with van der Waals surface area (Å²) in [6, 6.07) is 0.523. The molecule has 2 N–H and O–H groups in total. The van der Waals surface area contributed by atoms with Gasteiger partial charge in [0.25, 0.3) is 0 Å². The lowest BCUT2D eigenvalue weighted by molar-refractivity contribution is 0.247. The Bertz CT molecular complexity index is 371. The number of nitrogens with zero attached hydrogens (tertiary/aromatic N) is 4. The van der Waals surface area contributed by atoms with Gasteiger partial charge in [-0.25, -0.2) is 4.68 Å². The highest BCUT2D eigenvalue weighted by molar-refractivity contribution is 5.85. The van der Waals surface area contributed by atoms with Crippen LogP contribution in [-0.4, -0.2) is 39.0 Å². The SMILES string of the molecule is CC(C)(C)n1cc(CN2CCCC2CN)nn1.Cl. The van der Waals surface area contributed by atoms with E-state index in [2.05, 4.69) is 36.0 Å². The molecule has 18 heavy (non-hydrogen) atoms. The normalized spacial score (nSPS) is 21.0. The average molecular weight is 274 g/mol. The zero-order valence-corrected chi connectivity index (χ0v) is 12.3. The predicted molar refractivity (Wildman–Crippen MR) is 74.8 cm³/mol. The van der Waals surface area contributed by atoms with Crippen molar-refractivity contribution in [2.45, 2.75) is 51.7 Å². The first-order valence-corrected chi connectivity index (χ1v) is 6.36. The fourth-order valence-corrected chi connectivity index (χ4v) is 2.28. The van der Waals surface area contributed by atoms with Gasteiger partial charge in [0.2, 0.25) is 0 Å².